The molecular weight excluding hydrogens is 288 g/mol. The number of nitrogens with zero attached hydrogens (tertiary/aromatic N) is 1. The number of nitrogens with one attached hydrogen (secondary N) is 1. The molecule has 2 aromatic rings. The van der Waals surface area contributed by atoms with E-state index in [0.29, 0.717) is 21.7 Å². The molecule has 0 bridgehead atoms. The largest absolute Gasteiger partial charge is 0.478 e. The van der Waals surface area contributed by atoms with Crippen LogP contribution in [0.1, 0.15) is 20.8 Å². The topological polar surface area (TPSA) is 90.2 Å². The fraction of sp³-hybridized carbons (Fsp3) is 0. The van der Waals surface area contributed by atoms with Crippen molar-refractivity contribution in [2.75, 3.05) is 5.32 Å². The summed E-state index contributed by atoms with van der Waals surface area (Å²) in [5.74, 6) is -1.46. The molecule has 0 aliphatic heterocycles. The van der Waals surface area contributed by atoms with Gasteiger partial charge in [-0.05, 0) is 35.2 Å². The average molecular weight is 298 g/mol. The first-order valence-electron chi connectivity index (χ1n) is 5.91. The predicted molar refractivity (Wildman–Crippen MR) is 80.1 cm³/mol. The van der Waals surface area contributed by atoms with E-state index in [0.717, 1.165) is 6.08 Å². The maximum atomic E-state index is 12.2. The molecule has 21 heavy (non-hydrogen) atoms. The van der Waals surface area contributed by atoms with Crippen LogP contribution in [0.2, 0.25) is 0 Å². The molecule has 0 atom stereocenters. The molecule has 2 N–H and O–H groups in total. The third-order valence-electron chi connectivity index (χ3n) is 2.60. The Morgan fingerprint density at radius 1 is 1.29 bits per heavy atom. The van der Waals surface area contributed by atoms with Crippen LogP contribution in [0.25, 0.3) is 6.08 Å². The number of hydrogen-bond acceptors (Lipinski definition) is 4. The third-order valence-corrected chi connectivity index (χ3v) is 3.53. The van der Waals surface area contributed by atoms with Gasteiger partial charge in [0.25, 0.3) is 5.91 Å². The number of para-hydroxylation sites is 1. The monoisotopic (exact) mass is 298 g/mol. The Bertz CT molecular complexity index is 756. The molecular formula is C15H10N2O3S. The highest BCUT2D eigenvalue weighted by Gasteiger charge is 2.13. The summed E-state index contributed by atoms with van der Waals surface area (Å²) >= 11 is 1.20. The first-order chi connectivity index (χ1) is 10.1. The van der Waals surface area contributed by atoms with E-state index < -0.39 is 5.97 Å². The van der Waals surface area contributed by atoms with Crippen LogP contribution in [0.3, 0.4) is 0 Å². The molecule has 0 saturated carbocycles. The van der Waals surface area contributed by atoms with E-state index in [1.165, 1.54) is 17.4 Å². The molecule has 2 rings (SSSR count). The van der Waals surface area contributed by atoms with E-state index in [-0.39, 0.29) is 5.91 Å². The summed E-state index contributed by atoms with van der Waals surface area (Å²) in [7, 11) is 0. The summed E-state index contributed by atoms with van der Waals surface area (Å²) in [5, 5.41) is 22.0. The highest BCUT2D eigenvalue weighted by Crippen LogP contribution is 2.21. The second kappa shape index (κ2) is 6.50. The molecule has 1 heterocycles. The first kappa shape index (κ1) is 14.5. The fourth-order valence-electron chi connectivity index (χ4n) is 1.66. The van der Waals surface area contributed by atoms with Crippen molar-refractivity contribution in [3.8, 4) is 6.07 Å². The van der Waals surface area contributed by atoms with Crippen molar-refractivity contribution in [2.45, 2.75) is 0 Å². The number of nitriles is 1. The number of carbonyl (C=O) groups is 2. The summed E-state index contributed by atoms with van der Waals surface area (Å²) in [4.78, 5) is 23.1. The second-order valence-corrected chi connectivity index (χ2v) is 4.90. The maximum Gasteiger partial charge on any atom is 0.328 e. The van der Waals surface area contributed by atoms with Gasteiger partial charge >= 0.3 is 5.97 Å². The lowest BCUT2D eigenvalue weighted by Crippen LogP contribution is -2.12. The fourth-order valence-corrected chi connectivity index (χ4v) is 2.45. The van der Waals surface area contributed by atoms with Gasteiger partial charge in [-0.1, -0.05) is 12.1 Å². The van der Waals surface area contributed by atoms with Crippen molar-refractivity contribution in [3.05, 3.63) is 57.8 Å². The minimum Gasteiger partial charge on any atom is -0.478 e. The Morgan fingerprint density at radius 3 is 2.76 bits per heavy atom. The minimum atomic E-state index is -1.08. The Morgan fingerprint density at radius 2 is 2.05 bits per heavy atom. The average Bonchev–Trinajstić information content (AvgIpc) is 2.94. The van der Waals surface area contributed by atoms with Crippen LogP contribution in [-0.4, -0.2) is 17.0 Å². The lowest BCUT2D eigenvalue weighted by molar-refractivity contribution is -0.131. The molecule has 1 aromatic heterocycles. The molecule has 1 aromatic carbocycles. The number of rotatable bonds is 4. The molecule has 0 unspecified atom stereocenters. The third kappa shape index (κ3) is 3.55. The Labute approximate surface area is 124 Å². The van der Waals surface area contributed by atoms with E-state index in [2.05, 4.69) is 5.32 Å². The molecule has 0 saturated heterocycles. The zero-order valence-electron chi connectivity index (χ0n) is 10.7. The SMILES string of the molecule is N#Cc1ccccc1NC(=O)c1sccc1C=CC(=O)O. The van der Waals surface area contributed by atoms with E-state index in [9.17, 15) is 9.59 Å². The number of aliphatic carboxylic acids is 1. The van der Waals surface area contributed by atoms with Crippen LogP contribution in [0.5, 0.6) is 0 Å². The van der Waals surface area contributed by atoms with Gasteiger partial charge in [0.15, 0.2) is 0 Å². The van der Waals surface area contributed by atoms with Crippen molar-refractivity contribution in [1.82, 2.24) is 0 Å². The summed E-state index contributed by atoms with van der Waals surface area (Å²) < 4.78 is 0. The molecule has 5 nitrogen and oxygen atoms in total. The maximum absolute atomic E-state index is 12.2. The predicted octanol–water partition coefficient (Wildman–Crippen LogP) is 2.97. The molecule has 0 radical (unpaired) electrons. The summed E-state index contributed by atoms with van der Waals surface area (Å²) in [5.41, 5.74) is 1.31. The van der Waals surface area contributed by atoms with Crippen molar-refractivity contribution < 1.29 is 14.7 Å². The van der Waals surface area contributed by atoms with Gasteiger partial charge in [-0.2, -0.15) is 5.26 Å². The normalized spacial score (nSPS) is 10.2. The lowest BCUT2D eigenvalue weighted by atomic mass is 10.2. The Kier molecular flexibility index (Phi) is 4.49. The minimum absolute atomic E-state index is 0.366. The molecule has 0 fully saturated rings. The van der Waals surface area contributed by atoms with Crippen LogP contribution >= 0.6 is 11.3 Å². The van der Waals surface area contributed by atoms with Gasteiger partial charge in [-0.25, -0.2) is 4.79 Å². The molecule has 0 aliphatic carbocycles. The Balaban J connectivity index is 2.24. The van der Waals surface area contributed by atoms with Crippen molar-refractivity contribution >= 4 is 35.0 Å². The van der Waals surface area contributed by atoms with Crippen LogP contribution < -0.4 is 5.32 Å². The Hall–Kier alpha value is -2.91. The van der Waals surface area contributed by atoms with Crippen LogP contribution in [0, 0.1) is 11.3 Å². The van der Waals surface area contributed by atoms with E-state index >= 15 is 0 Å². The summed E-state index contributed by atoms with van der Waals surface area (Å²) in [6, 6.07) is 10.3. The number of benzene rings is 1. The first-order valence-corrected chi connectivity index (χ1v) is 6.78. The van der Waals surface area contributed by atoms with Crippen molar-refractivity contribution in [2.24, 2.45) is 0 Å². The summed E-state index contributed by atoms with van der Waals surface area (Å²) in [6.45, 7) is 0. The van der Waals surface area contributed by atoms with Gasteiger partial charge in [0.05, 0.1) is 16.1 Å². The van der Waals surface area contributed by atoms with Crippen molar-refractivity contribution in [3.63, 3.8) is 0 Å². The molecule has 0 aliphatic rings. The van der Waals surface area contributed by atoms with Gasteiger partial charge in [-0.15, -0.1) is 11.3 Å². The molecule has 104 valence electrons. The highest BCUT2D eigenvalue weighted by atomic mass is 32.1. The standard InChI is InChI=1S/C15H10N2O3S/c16-9-11-3-1-2-4-12(11)17-15(20)14-10(7-8-21-14)5-6-13(18)19/h1-8H,(H,17,20)(H,18,19). The number of carbonyl (C=O) groups excluding carboxylic acids is 1. The number of anilines is 1. The molecule has 1 amide bonds. The molecule has 0 spiro atoms. The van der Waals surface area contributed by atoms with Gasteiger partial charge < -0.3 is 10.4 Å². The summed E-state index contributed by atoms with van der Waals surface area (Å²) in [6.07, 6.45) is 2.34. The number of carboxylic acids is 1. The van der Waals surface area contributed by atoms with Crippen molar-refractivity contribution in [1.29, 1.82) is 5.26 Å². The number of thiophene rings is 1. The smallest absolute Gasteiger partial charge is 0.328 e. The number of hydrogen-bond donors (Lipinski definition) is 2. The zero-order chi connectivity index (χ0) is 15.2. The molecule has 6 heteroatoms. The zero-order valence-corrected chi connectivity index (χ0v) is 11.6. The van der Waals surface area contributed by atoms with E-state index in [1.54, 1.807) is 35.7 Å². The van der Waals surface area contributed by atoms with Crippen LogP contribution in [0.4, 0.5) is 5.69 Å². The van der Waals surface area contributed by atoms with Crippen LogP contribution in [0.15, 0.2) is 41.8 Å². The van der Waals surface area contributed by atoms with Gasteiger partial charge in [0.1, 0.15) is 6.07 Å². The van der Waals surface area contributed by atoms with Gasteiger partial charge in [-0.3, -0.25) is 4.79 Å². The van der Waals surface area contributed by atoms with Gasteiger partial charge in [0.2, 0.25) is 0 Å². The van der Waals surface area contributed by atoms with Gasteiger partial charge in [0, 0.05) is 6.08 Å². The van der Waals surface area contributed by atoms with E-state index in [4.69, 9.17) is 10.4 Å². The highest BCUT2D eigenvalue weighted by molar-refractivity contribution is 7.12. The quantitative estimate of drug-likeness (QED) is 0.849. The van der Waals surface area contributed by atoms with E-state index in [1.807, 2.05) is 6.07 Å². The number of amides is 1. The second-order valence-electron chi connectivity index (χ2n) is 3.99. The number of carboxylic acid groups (broad SMARTS) is 1. The lowest BCUT2D eigenvalue weighted by Gasteiger charge is -2.06. The van der Waals surface area contributed by atoms with Crippen LogP contribution in [-0.2, 0) is 4.79 Å².